The van der Waals surface area contributed by atoms with Crippen LogP contribution in [-0.4, -0.2) is 18.0 Å². The molecule has 3 rings (SSSR count). The monoisotopic (exact) mass is 274 g/mol. The Hall–Kier alpha value is -2.01. The van der Waals surface area contributed by atoms with E-state index >= 15 is 0 Å². The first-order chi connectivity index (χ1) is 9.81. The summed E-state index contributed by atoms with van der Waals surface area (Å²) in [6.45, 7) is 3.21. The Morgan fingerprint density at radius 3 is 3.00 bits per heavy atom. The van der Waals surface area contributed by atoms with Crippen LogP contribution in [0.5, 0.6) is 11.5 Å². The van der Waals surface area contributed by atoms with E-state index in [1.54, 1.807) is 6.20 Å². The number of aromatic nitrogens is 1. The zero-order valence-electron chi connectivity index (χ0n) is 11.5. The van der Waals surface area contributed by atoms with Crippen molar-refractivity contribution in [2.45, 2.75) is 32.4 Å². The second-order valence-electron chi connectivity index (χ2n) is 4.99. The molecule has 1 unspecified atom stereocenters. The number of nitrogens with zero attached hydrogens (tertiary/aromatic N) is 1. The van der Waals surface area contributed by atoms with Crippen molar-refractivity contribution in [3.05, 3.63) is 41.8 Å². The van der Waals surface area contributed by atoms with Crippen molar-refractivity contribution in [2.75, 3.05) is 6.79 Å². The molecule has 0 bridgehead atoms. The number of hydrogen-bond acceptors (Lipinski definition) is 5. The molecule has 0 aliphatic carbocycles. The van der Waals surface area contributed by atoms with E-state index in [9.17, 15) is 0 Å². The SMILES string of the molecule is CC(CCc1ccc2c(c1)OCO2)NCc1ccno1. The first kappa shape index (κ1) is 13.0. The predicted octanol–water partition coefficient (Wildman–Crippen LogP) is 2.51. The third-order valence-corrected chi connectivity index (χ3v) is 3.42. The van der Waals surface area contributed by atoms with Gasteiger partial charge in [0, 0.05) is 12.1 Å². The van der Waals surface area contributed by atoms with Crippen LogP contribution in [0.15, 0.2) is 35.0 Å². The molecule has 0 amide bonds. The van der Waals surface area contributed by atoms with E-state index in [0.29, 0.717) is 19.4 Å². The molecule has 1 N–H and O–H groups in total. The van der Waals surface area contributed by atoms with Gasteiger partial charge in [0.25, 0.3) is 0 Å². The van der Waals surface area contributed by atoms with Gasteiger partial charge >= 0.3 is 0 Å². The molecule has 5 nitrogen and oxygen atoms in total. The van der Waals surface area contributed by atoms with E-state index in [1.807, 2.05) is 12.1 Å². The summed E-state index contributed by atoms with van der Waals surface area (Å²) >= 11 is 0. The van der Waals surface area contributed by atoms with Crippen molar-refractivity contribution in [1.29, 1.82) is 0 Å². The van der Waals surface area contributed by atoms with Gasteiger partial charge in [-0.25, -0.2) is 0 Å². The van der Waals surface area contributed by atoms with Crippen molar-refractivity contribution in [3.63, 3.8) is 0 Å². The van der Waals surface area contributed by atoms with Crippen molar-refractivity contribution < 1.29 is 14.0 Å². The maximum Gasteiger partial charge on any atom is 0.231 e. The lowest BCUT2D eigenvalue weighted by Crippen LogP contribution is -2.25. The summed E-state index contributed by atoms with van der Waals surface area (Å²) in [5.74, 6) is 2.55. The molecule has 0 saturated carbocycles. The molecular weight excluding hydrogens is 256 g/mol. The number of nitrogens with one attached hydrogen (secondary N) is 1. The Balaban J connectivity index is 1.46. The average Bonchev–Trinajstić information content (AvgIpc) is 3.13. The fraction of sp³-hybridized carbons (Fsp3) is 0.400. The highest BCUT2D eigenvalue weighted by Gasteiger charge is 2.13. The maximum atomic E-state index is 5.39. The van der Waals surface area contributed by atoms with Crippen LogP contribution in [-0.2, 0) is 13.0 Å². The second kappa shape index (κ2) is 5.96. The normalized spacial score (nSPS) is 14.4. The van der Waals surface area contributed by atoms with Crippen molar-refractivity contribution in [2.24, 2.45) is 0 Å². The lowest BCUT2D eigenvalue weighted by molar-refractivity contribution is 0.174. The number of rotatable bonds is 6. The summed E-state index contributed by atoms with van der Waals surface area (Å²) in [5.41, 5.74) is 1.27. The quantitative estimate of drug-likeness (QED) is 0.877. The smallest absolute Gasteiger partial charge is 0.231 e. The summed E-state index contributed by atoms with van der Waals surface area (Å²) in [5, 5.41) is 7.10. The molecule has 1 aliphatic rings. The van der Waals surface area contributed by atoms with E-state index in [0.717, 1.165) is 30.1 Å². The summed E-state index contributed by atoms with van der Waals surface area (Å²) in [7, 11) is 0. The Labute approximate surface area is 117 Å². The minimum atomic E-state index is 0.327. The predicted molar refractivity (Wildman–Crippen MR) is 73.7 cm³/mol. The van der Waals surface area contributed by atoms with Crippen LogP contribution in [0, 0.1) is 0 Å². The zero-order valence-corrected chi connectivity index (χ0v) is 11.5. The van der Waals surface area contributed by atoms with E-state index in [1.165, 1.54) is 5.56 Å². The molecular formula is C15H18N2O3. The van der Waals surface area contributed by atoms with Gasteiger partial charge in [0.15, 0.2) is 11.5 Å². The van der Waals surface area contributed by atoms with Crippen LogP contribution in [0.4, 0.5) is 0 Å². The fourth-order valence-electron chi connectivity index (χ4n) is 2.19. The summed E-state index contributed by atoms with van der Waals surface area (Å²) in [6, 6.07) is 8.41. The van der Waals surface area contributed by atoms with Crippen LogP contribution >= 0.6 is 0 Å². The number of fused-ring (bicyclic) bond motifs is 1. The van der Waals surface area contributed by atoms with Crippen molar-refractivity contribution >= 4 is 0 Å². The summed E-state index contributed by atoms with van der Waals surface area (Å²) in [6.07, 6.45) is 3.71. The van der Waals surface area contributed by atoms with Gasteiger partial charge in [-0.2, -0.15) is 0 Å². The number of aryl methyl sites for hydroxylation is 1. The standard InChI is InChI=1S/C15H18N2O3/c1-11(16-9-13-6-7-17-20-13)2-3-12-4-5-14-15(8-12)19-10-18-14/h4-8,11,16H,2-3,9-10H2,1H3. The Morgan fingerprint density at radius 2 is 2.15 bits per heavy atom. The lowest BCUT2D eigenvalue weighted by Gasteiger charge is -2.12. The summed E-state index contributed by atoms with van der Waals surface area (Å²) < 4.78 is 15.7. The number of benzene rings is 1. The Kier molecular flexibility index (Phi) is 3.87. The lowest BCUT2D eigenvalue weighted by atomic mass is 10.1. The number of ether oxygens (including phenoxy) is 2. The van der Waals surface area contributed by atoms with E-state index in [4.69, 9.17) is 14.0 Å². The molecule has 0 radical (unpaired) electrons. The van der Waals surface area contributed by atoms with Crippen molar-refractivity contribution in [3.8, 4) is 11.5 Å². The van der Waals surface area contributed by atoms with Crippen molar-refractivity contribution in [1.82, 2.24) is 10.5 Å². The van der Waals surface area contributed by atoms with Crippen LogP contribution in [0.2, 0.25) is 0 Å². The highest BCUT2D eigenvalue weighted by molar-refractivity contribution is 5.44. The Morgan fingerprint density at radius 1 is 1.25 bits per heavy atom. The maximum absolute atomic E-state index is 5.39. The molecule has 0 saturated heterocycles. The fourth-order valence-corrected chi connectivity index (χ4v) is 2.19. The zero-order chi connectivity index (χ0) is 13.8. The molecule has 1 atom stereocenters. The Bertz CT molecular complexity index is 554. The molecule has 0 fully saturated rings. The third-order valence-electron chi connectivity index (χ3n) is 3.42. The van der Waals surface area contributed by atoms with Crippen LogP contribution in [0.1, 0.15) is 24.7 Å². The van der Waals surface area contributed by atoms with Gasteiger partial charge in [-0.15, -0.1) is 0 Å². The van der Waals surface area contributed by atoms with Gasteiger partial charge in [0.2, 0.25) is 6.79 Å². The first-order valence-corrected chi connectivity index (χ1v) is 6.83. The van der Waals surface area contributed by atoms with E-state index in [-0.39, 0.29) is 0 Å². The number of hydrogen-bond donors (Lipinski definition) is 1. The molecule has 1 aromatic carbocycles. The third kappa shape index (κ3) is 3.11. The van der Waals surface area contributed by atoms with E-state index < -0.39 is 0 Å². The van der Waals surface area contributed by atoms with E-state index in [2.05, 4.69) is 29.5 Å². The molecule has 1 aliphatic heterocycles. The molecule has 5 heteroatoms. The van der Waals surface area contributed by atoms with Crippen LogP contribution in [0.25, 0.3) is 0 Å². The van der Waals surface area contributed by atoms with Gasteiger partial charge in [0.1, 0.15) is 5.76 Å². The first-order valence-electron chi connectivity index (χ1n) is 6.83. The van der Waals surface area contributed by atoms with Gasteiger partial charge in [-0.05, 0) is 37.5 Å². The molecule has 1 aromatic heterocycles. The minimum absolute atomic E-state index is 0.327. The molecule has 0 spiro atoms. The topological polar surface area (TPSA) is 56.5 Å². The molecule has 106 valence electrons. The van der Waals surface area contributed by atoms with Crippen LogP contribution in [0.3, 0.4) is 0 Å². The highest BCUT2D eigenvalue weighted by Crippen LogP contribution is 2.32. The van der Waals surface area contributed by atoms with Crippen LogP contribution < -0.4 is 14.8 Å². The van der Waals surface area contributed by atoms with Gasteiger partial charge in [-0.3, -0.25) is 0 Å². The highest BCUT2D eigenvalue weighted by atomic mass is 16.7. The van der Waals surface area contributed by atoms with Gasteiger partial charge in [-0.1, -0.05) is 11.2 Å². The largest absolute Gasteiger partial charge is 0.454 e. The van der Waals surface area contributed by atoms with Gasteiger partial charge < -0.3 is 19.3 Å². The average molecular weight is 274 g/mol. The van der Waals surface area contributed by atoms with Gasteiger partial charge in [0.05, 0.1) is 12.7 Å². The molecule has 20 heavy (non-hydrogen) atoms. The second-order valence-corrected chi connectivity index (χ2v) is 4.99. The molecule has 2 aromatic rings. The summed E-state index contributed by atoms with van der Waals surface area (Å²) in [4.78, 5) is 0. The minimum Gasteiger partial charge on any atom is -0.454 e. The molecule has 2 heterocycles.